The number of nitrogens with one attached hydrogen (secondary N) is 1. The van der Waals surface area contributed by atoms with Crippen molar-refractivity contribution in [2.24, 2.45) is 0 Å². The molecule has 2 aromatic rings. The lowest BCUT2D eigenvalue weighted by Crippen LogP contribution is -2.14. The number of benzene rings is 2. The van der Waals surface area contributed by atoms with Crippen LogP contribution in [0.4, 0.5) is 5.69 Å². The zero-order valence-corrected chi connectivity index (χ0v) is 14.1. The minimum Gasteiger partial charge on any atom is -0.493 e. The highest BCUT2D eigenvalue weighted by atomic mass is 35.5. The number of carbonyl (C=O) groups is 1. The average Bonchev–Trinajstić information content (AvgIpc) is 2.49. The highest BCUT2D eigenvalue weighted by Gasteiger charge is 2.15. The van der Waals surface area contributed by atoms with Gasteiger partial charge in [0.15, 0.2) is 0 Å². The van der Waals surface area contributed by atoms with Crippen LogP contribution in [-0.2, 0) is 0 Å². The van der Waals surface area contributed by atoms with Crippen molar-refractivity contribution in [1.29, 1.82) is 0 Å². The minimum absolute atomic E-state index is 0.344. The SMILES string of the molecule is CCCOc1ccc(Cl)cc1C(=O)Nc1cc(Cl)ccc1Cl. The third kappa shape index (κ3) is 4.29. The van der Waals surface area contributed by atoms with Gasteiger partial charge in [-0.2, -0.15) is 0 Å². The Morgan fingerprint density at radius 2 is 1.77 bits per heavy atom. The molecule has 1 amide bonds. The van der Waals surface area contributed by atoms with Crippen molar-refractivity contribution in [1.82, 2.24) is 0 Å². The van der Waals surface area contributed by atoms with Gasteiger partial charge in [0.25, 0.3) is 5.91 Å². The van der Waals surface area contributed by atoms with E-state index in [1.54, 1.807) is 36.4 Å². The van der Waals surface area contributed by atoms with Crippen molar-refractivity contribution < 1.29 is 9.53 Å². The van der Waals surface area contributed by atoms with Crippen molar-refractivity contribution in [2.45, 2.75) is 13.3 Å². The molecule has 0 aliphatic rings. The lowest BCUT2D eigenvalue weighted by Gasteiger charge is -2.12. The van der Waals surface area contributed by atoms with Crippen molar-refractivity contribution >= 4 is 46.4 Å². The van der Waals surface area contributed by atoms with Crippen LogP contribution in [0.2, 0.25) is 15.1 Å². The molecule has 2 rings (SSSR count). The monoisotopic (exact) mass is 357 g/mol. The highest BCUT2D eigenvalue weighted by molar-refractivity contribution is 6.36. The van der Waals surface area contributed by atoms with E-state index in [2.05, 4.69) is 5.32 Å². The summed E-state index contributed by atoms with van der Waals surface area (Å²) in [6, 6.07) is 9.75. The molecule has 0 aliphatic carbocycles. The fourth-order valence-electron chi connectivity index (χ4n) is 1.80. The Bertz CT molecular complexity index is 689. The lowest BCUT2D eigenvalue weighted by molar-refractivity contribution is 0.102. The topological polar surface area (TPSA) is 38.3 Å². The van der Waals surface area contributed by atoms with E-state index in [4.69, 9.17) is 39.5 Å². The molecule has 0 fully saturated rings. The summed E-state index contributed by atoms with van der Waals surface area (Å²) >= 11 is 17.9. The Morgan fingerprint density at radius 1 is 1.09 bits per heavy atom. The number of hydrogen-bond donors (Lipinski definition) is 1. The van der Waals surface area contributed by atoms with Crippen LogP contribution in [0.3, 0.4) is 0 Å². The van der Waals surface area contributed by atoms with Crippen LogP contribution < -0.4 is 10.1 Å². The predicted octanol–water partition coefficient (Wildman–Crippen LogP) is 5.69. The Labute approximate surface area is 144 Å². The molecule has 2 aromatic carbocycles. The number of amides is 1. The summed E-state index contributed by atoms with van der Waals surface area (Å²) in [6.45, 7) is 2.50. The van der Waals surface area contributed by atoms with E-state index < -0.39 is 0 Å². The van der Waals surface area contributed by atoms with Crippen LogP contribution in [-0.4, -0.2) is 12.5 Å². The summed E-state index contributed by atoms with van der Waals surface area (Å²) in [5.41, 5.74) is 0.776. The fraction of sp³-hybridized carbons (Fsp3) is 0.188. The first kappa shape index (κ1) is 16.9. The first-order chi connectivity index (χ1) is 10.5. The quantitative estimate of drug-likeness (QED) is 0.746. The van der Waals surface area contributed by atoms with Gasteiger partial charge in [0.1, 0.15) is 5.75 Å². The van der Waals surface area contributed by atoms with E-state index in [1.807, 2.05) is 6.92 Å². The van der Waals surface area contributed by atoms with Gasteiger partial charge in [-0.05, 0) is 42.8 Å². The van der Waals surface area contributed by atoms with Gasteiger partial charge in [-0.25, -0.2) is 0 Å². The van der Waals surface area contributed by atoms with Crippen molar-refractivity contribution in [2.75, 3.05) is 11.9 Å². The summed E-state index contributed by atoms with van der Waals surface area (Å²) < 4.78 is 5.58. The predicted molar refractivity (Wildman–Crippen MR) is 91.7 cm³/mol. The third-order valence-corrected chi connectivity index (χ3v) is 3.62. The van der Waals surface area contributed by atoms with Gasteiger partial charge in [-0.1, -0.05) is 41.7 Å². The van der Waals surface area contributed by atoms with Crippen LogP contribution in [0, 0.1) is 0 Å². The minimum atomic E-state index is -0.363. The van der Waals surface area contributed by atoms with E-state index in [1.165, 1.54) is 0 Å². The molecule has 0 spiro atoms. The van der Waals surface area contributed by atoms with Gasteiger partial charge in [-0.3, -0.25) is 4.79 Å². The zero-order chi connectivity index (χ0) is 16.1. The summed E-state index contributed by atoms with van der Waals surface area (Å²) in [5.74, 6) is 0.111. The smallest absolute Gasteiger partial charge is 0.259 e. The number of rotatable bonds is 5. The first-order valence-electron chi connectivity index (χ1n) is 6.70. The maximum absolute atomic E-state index is 12.5. The summed E-state index contributed by atoms with van der Waals surface area (Å²) in [7, 11) is 0. The number of anilines is 1. The zero-order valence-electron chi connectivity index (χ0n) is 11.8. The maximum atomic E-state index is 12.5. The molecule has 116 valence electrons. The Morgan fingerprint density at radius 3 is 2.50 bits per heavy atom. The van der Waals surface area contributed by atoms with E-state index >= 15 is 0 Å². The van der Waals surface area contributed by atoms with Gasteiger partial charge < -0.3 is 10.1 Å². The van der Waals surface area contributed by atoms with Gasteiger partial charge >= 0.3 is 0 Å². The Hall–Kier alpha value is -1.42. The molecule has 0 saturated heterocycles. The van der Waals surface area contributed by atoms with E-state index in [0.29, 0.717) is 38.7 Å². The number of ether oxygens (including phenoxy) is 1. The van der Waals surface area contributed by atoms with Gasteiger partial charge in [0, 0.05) is 10.0 Å². The summed E-state index contributed by atoms with van der Waals surface area (Å²) in [4.78, 5) is 12.5. The highest BCUT2D eigenvalue weighted by Crippen LogP contribution is 2.28. The second-order valence-corrected chi connectivity index (χ2v) is 5.85. The molecule has 3 nitrogen and oxygen atoms in total. The second kappa shape index (κ2) is 7.73. The molecule has 0 heterocycles. The molecule has 1 N–H and O–H groups in total. The fourth-order valence-corrected chi connectivity index (χ4v) is 2.31. The molecule has 0 atom stereocenters. The van der Waals surface area contributed by atoms with E-state index in [9.17, 15) is 4.79 Å². The van der Waals surface area contributed by atoms with Crippen molar-refractivity contribution in [3.05, 3.63) is 57.0 Å². The van der Waals surface area contributed by atoms with Gasteiger partial charge in [-0.15, -0.1) is 0 Å². The number of hydrogen-bond acceptors (Lipinski definition) is 2. The standard InChI is InChI=1S/C16H14Cl3NO2/c1-2-7-22-15-6-4-10(17)8-12(15)16(21)20-14-9-11(18)3-5-13(14)19/h3-6,8-9H,2,7H2,1H3,(H,20,21). The molecule has 6 heteroatoms. The molecule has 0 aliphatic heterocycles. The van der Waals surface area contributed by atoms with Gasteiger partial charge in [0.2, 0.25) is 0 Å². The molecule has 0 unspecified atom stereocenters. The Balaban J connectivity index is 2.28. The van der Waals surface area contributed by atoms with Crippen LogP contribution in [0.25, 0.3) is 0 Å². The van der Waals surface area contributed by atoms with Crippen LogP contribution >= 0.6 is 34.8 Å². The third-order valence-electron chi connectivity index (χ3n) is 2.82. The molecule has 0 bridgehead atoms. The number of carbonyl (C=O) groups excluding carboxylic acids is 1. The molecular formula is C16H14Cl3NO2. The van der Waals surface area contributed by atoms with Crippen LogP contribution in [0.5, 0.6) is 5.75 Å². The first-order valence-corrected chi connectivity index (χ1v) is 7.83. The van der Waals surface area contributed by atoms with E-state index in [-0.39, 0.29) is 5.91 Å². The normalized spacial score (nSPS) is 10.4. The van der Waals surface area contributed by atoms with Crippen LogP contribution in [0.15, 0.2) is 36.4 Å². The Kier molecular flexibility index (Phi) is 5.95. The molecular weight excluding hydrogens is 345 g/mol. The lowest BCUT2D eigenvalue weighted by atomic mass is 10.1. The largest absolute Gasteiger partial charge is 0.493 e. The summed E-state index contributed by atoms with van der Waals surface area (Å²) in [6.07, 6.45) is 0.837. The molecule has 0 radical (unpaired) electrons. The molecule has 0 saturated carbocycles. The average molecular weight is 359 g/mol. The van der Waals surface area contributed by atoms with Crippen molar-refractivity contribution in [3.8, 4) is 5.75 Å². The number of halogens is 3. The molecule has 22 heavy (non-hydrogen) atoms. The second-order valence-electron chi connectivity index (χ2n) is 4.57. The van der Waals surface area contributed by atoms with Gasteiger partial charge in [0.05, 0.1) is 22.9 Å². The summed E-state index contributed by atoms with van der Waals surface area (Å²) in [5, 5.41) is 4.05. The van der Waals surface area contributed by atoms with Crippen molar-refractivity contribution in [3.63, 3.8) is 0 Å². The van der Waals surface area contributed by atoms with E-state index in [0.717, 1.165) is 6.42 Å². The maximum Gasteiger partial charge on any atom is 0.259 e. The van der Waals surface area contributed by atoms with Crippen LogP contribution in [0.1, 0.15) is 23.7 Å². The molecule has 0 aromatic heterocycles.